The summed E-state index contributed by atoms with van der Waals surface area (Å²) in [5.74, 6) is 0. The maximum atomic E-state index is 10.9. The highest BCUT2D eigenvalue weighted by Crippen LogP contribution is 2.43. The Morgan fingerprint density at radius 3 is 3.12 bits per heavy atom. The van der Waals surface area contributed by atoms with Crippen LogP contribution in [0.25, 0.3) is 5.57 Å². The quantitative estimate of drug-likeness (QED) is 0.721. The van der Waals surface area contributed by atoms with Crippen LogP contribution in [0.1, 0.15) is 29.3 Å². The Balaban J connectivity index is 2.18. The number of rotatable bonds is 2. The number of anilines is 1. The molecule has 0 spiro atoms. The molecule has 2 heteroatoms. The highest BCUT2D eigenvalue weighted by atomic mass is 16.1. The van der Waals surface area contributed by atoms with Gasteiger partial charge in [0.1, 0.15) is 6.29 Å². The van der Waals surface area contributed by atoms with Crippen molar-refractivity contribution in [2.24, 2.45) is 0 Å². The van der Waals surface area contributed by atoms with Crippen molar-refractivity contribution in [1.82, 2.24) is 0 Å². The first-order chi connectivity index (χ1) is 8.35. The normalized spacial score (nSPS) is 20.9. The standard InChI is InChI=1S/C15H15NO/c1-2-16-14-6-4-3-5-12(14)13-9-11(10-17)7-8-15(13)16/h3-5,7-10,14H,2,6H2,1H3. The summed E-state index contributed by atoms with van der Waals surface area (Å²) in [6.07, 6.45) is 8.48. The highest BCUT2D eigenvalue weighted by molar-refractivity contribution is 5.92. The largest absolute Gasteiger partial charge is 0.364 e. The van der Waals surface area contributed by atoms with Crippen molar-refractivity contribution in [3.8, 4) is 0 Å². The molecule has 0 radical (unpaired) electrons. The van der Waals surface area contributed by atoms with E-state index in [-0.39, 0.29) is 0 Å². The Kier molecular flexibility index (Phi) is 2.36. The first-order valence-corrected chi connectivity index (χ1v) is 6.08. The molecule has 1 heterocycles. The third kappa shape index (κ3) is 1.44. The maximum absolute atomic E-state index is 10.9. The molecule has 0 aromatic heterocycles. The fourth-order valence-electron chi connectivity index (χ4n) is 2.85. The third-order valence-corrected chi connectivity index (χ3v) is 3.62. The molecule has 0 saturated heterocycles. The van der Waals surface area contributed by atoms with E-state index in [2.05, 4.69) is 36.1 Å². The van der Waals surface area contributed by atoms with Crippen LogP contribution in [-0.2, 0) is 0 Å². The van der Waals surface area contributed by atoms with Gasteiger partial charge in [-0.15, -0.1) is 0 Å². The van der Waals surface area contributed by atoms with Crippen LogP contribution in [0.5, 0.6) is 0 Å². The molecule has 2 aliphatic rings. The van der Waals surface area contributed by atoms with Crippen LogP contribution in [-0.4, -0.2) is 18.9 Å². The monoisotopic (exact) mass is 225 g/mol. The molecule has 0 bridgehead atoms. The molecular weight excluding hydrogens is 210 g/mol. The van der Waals surface area contributed by atoms with Gasteiger partial charge in [-0.3, -0.25) is 4.79 Å². The zero-order chi connectivity index (χ0) is 11.8. The predicted octanol–water partition coefficient (Wildman–Crippen LogP) is 3.05. The van der Waals surface area contributed by atoms with Gasteiger partial charge >= 0.3 is 0 Å². The SMILES string of the molecule is CCN1c2ccc(C=O)cc2C2=CC=CCC21. The van der Waals surface area contributed by atoms with Gasteiger partial charge in [0.2, 0.25) is 0 Å². The van der Waals surface area contributed by atoms with E-state index >= 15 is 0 Å². The highest BCUT2D eigenvalue weighted by Gasteiger charge is 2.32. The summed E-state index contributed by atoms with van der Waals surface area (Å²) in [5.41, 5.74) is 4.60. The van der Waals surface area contributed by atoms with Crippen LogP contribution < -0.4 is 4.90 Å². The Labute approximate surface area is 101 Å². The van der Waals surface area contributed by atoms with E-state index in [0.717, 1.165) is 24.8 Å². The van der Waals surface area contributed by atoms with E-state index in [0.29, 0.717) is 6.04 Å². The minimum atomic E-state index is 0.460. The molecule has 0 amide bonds. The first kappa shape index (κ1) is 10.3. The summed E-state index contributed by atoms with van der Waals surface area (Å²) in [5, 5.41) is 0. The van der Waals surface area contributed by atoms with E-state index in [1.54, 1.807) is 0 Å². The number of carbonyl (C=O) groups excluding carboxylic acids is 1. The van der Waals surface area contributed by atoms with E-state index in [1.165, 1.54) is 16.8 Å². The zero-order valence-corrected chi connectivity index (χ0v) is 9.89. The van der Waals surface area contributed by atoms with Crippen LogP contribution >= 0.6 is 0 Å². The number of likely N-dealkylation sites (N-methyl/N-ethyl adjacent to an activating group) is 1. The maximum Gasteiger partial charge on any atom is 0.150 e. The van der Waals surface area contributed by atoms with Crippen LogP contribution in [0.4, 0.5) is 5.69 Å². The summed E-state index contributed by atoms with van der Waals surface area (Å²) in [7, 11) is 0. The van der Waals surface area contributed by atoms with Gasteiger partial charge in [0, 0.05) is 23.4 Å². The van der Waals surface area contributed by atoms with Crippen LogP contribution in [0.2, 0.25) is 0 Å². The minimum absolute atomic E-state index is 0.460. The van der Waals surface area contributed by atoms with Crippen molar-refractivity contribution in [2.75, 3.05) is 11.4 Å². The lowest BCUT2D eigenvalue weighted by atomic mass is 9.95. The third-order valence-electron chi connectivity index (χ3n) is 3.62. The Bertz CT molecular complexity index is 528. The number of hydrogen-bond donors (Lipinski definition) is 0. The molecular formula is C15H15NO. The number of benzene rings is 1. The van der Waals surface area contributed by atoms with Crippen LogP contribution in [0, 0.1) is 0 Å². The average molecular weight is 225 g/mol. The van der Waals surface area contributed by atoms with Crippen molar-refractivity contribution in [3.63, 3.8) is 0 Å². The lowest BCUT2D eigenvalue weighted by Gasteiger charge is -2.26. The molecule has 2 nitrogen and oxygen atoms in total. The average Bonchev–Trinajstić information content (AvgIpc) is 2.71. The van der Waals surface area contributed by atoms with Gasteiger partial charge < -0.3 is 4.90 Å². The summed E-state index contributed by atoms with van der Waals surface area (Å²) in [4.78, 5) is 13.3. The molecule has 0 N–H and O–H groups in total. The molecule has 0 fully saturated rings. The molecule has 1 aliphatic heterocycles. The number of allylic oxidation sites excluding steroid dienone is 2. The lowest BCUT2D eigenvalue weighted by Crippen LogP contribution is -2.31. The lowest BCUT2D eigenvalue weighted by molar-refractivity contribution is 0.112. The van der Waals surface area contributed by atoms with E-state index < -0.39 is 0 Å². The Hall–Kier alpha value is -1.83. The van der Waals surface area contributed by atoms with E-state index in [9.17, 15) is 4.79 Å². The Morgan fingerprint density at radius 2 is 2.35 bits per heavy atom. The molecule has 86 valence electrons. The first-order valence-electron chi connectivity index (χ1n) is 6.08. The fourth-order valence-corrected chi connectivity index (χ4v) is 2.85. The van der Waals surface area contributed by atoms with E-state index in [1.807, 2.05) is 12.1 Å². The fraction of sp³-hybridized carbons (Fsp3) is 0.267. The number of carbonyl (C=O) groups is 1. The van der Waals surface area contributed by atoms with E-state index in [4.69, 9.17) is 0 Å². The topological polar surface area (TPSA) is 20.3 Å². The number of fused-ring (bicyclic) bond motifs is 3. The van der Waals surface area contributed by atoms with Gasteiger partial charge in [-0.05, 0) is 37.1 Å². The number of hydrogen-bond acceptors (Lipinski definition) is 2. The molecule has 1 aromatic rings. The van der Waals surface area contributed by atoms with Crippen LogP contribution in [0.3, 0.4) is 0 Å². The molecule has 1 atom stereocenters. The second kappa shape index (κ2) is 3.88. The van der Waals surface area contributed by atoms with Crippen LogP contribution in [0.15, 0.2) is 36.4 Å². The summed E-state index contributed by atoms with van der Waals surface area (Å²) >= 11 is 0. The number of aldehydes is 1. The molecule has 1 aliphatic carbocycles. The van der Waals surface area contributed by atoms with Gasteiger partial charge in [0.15, 0.2) is 0 Å². The minimum Gasteiger partial charge on any atom is -0.364 e. The summed E-state index contributed by atoms with van der Waals surface area (Å²) < 4.78 is 0. The van der Waals surface area contributed by atoms with Crippen molar-refractivity contribution in [2.45, 2.75) is 19.4 Å². The van der Waals surface area contributed by atoms with Gasteiger partial charge in [-0.25, -0.2) is 0 Å². The summed E-state index contributed by atoms with van der Waals surface area (Å²) in [6.45, 7) is 3.18. The summed E-state index contributed by atoms with van der Waals surface area (Å²) in [6, 6.07) is 6.44. The second-order valence-corrected chi connectivity index (χ2v) is 4.48. The predicted molar refractivity (Wildman–Crippen MR) is 70.4 cm³/mol. The van der Waals surface area contributed by atoms with Crippen molar-refractivity contribution in [3.05, 3.63) is 47.6 Å². The van der Waals surface area contributed by atoms with Crippen molar-refractivity contribution < 1.29 is 4.79 Å². The Morgan fingerprint density at radius 1 is 1.47 bits per heavy atom. The van der Waals surface area contributed by atoms with Gasteiger partial charge in [0.25, 0.3) is 0 Å². The van der Waals surface area contributed by atoms with Crippen molar-refractivity contribution >= 4 is 17.5 Å². The van der Waals surface area contributed by atoms with Crippen molar-refractivity contribution in [1.29, 1.82) is 0 Å². The van der Waals surface area contributed by atoms with Gasteiger partial charge in [-0.2, -0.15) is 0 Å². The smallest absolute Gasteiger partial charge is 0.150 e. The molecule has 0 saturated carbocycles. The molecule has 17 heavy (non-hydrogen) atoms. The van der Waals surface area contributed by atoms with Gasteiger partial charge in [0.05, 0.1) is 6.04 Å². The number of nitrogens with zero attached hydrogens (tertiary/aromatic N) is 1. The zero-order valence-electron chi connectivity index (χ0n) is 9.89. The van der Waals surface area contributed by atoms with Gasteiger partial charge in [-0.1, -0.05) is 18.2 Å². The molecule has 1 aromatic carbocycles. The molecule has 1 unspecified atom stereocenters. The molecule has 3 rings (SSSR count). The second-order valence-electron chi connectivity index (χ2n) is 4.48.